The highest BCUT2D eigenvalue weighted by Crippen LogP contribution is 2.43. The third kappa shape index (κ3) is 1.26. The van der Waals surface area contributed by atoms with Gasteiger partial charge in [0, 0.05) is 30.1 Å². The van der Waals surface area contributed by atoms with Crippen LogP contribution >= 0.6 is 0 Å². The first-order valence-electron chi connectivity index (χ1n) is 5.20. The molecule has 2 atom stereocenters. The Morgan fingerprint density at radius 2 is 2.47 bits per heavy atom. The van der Waals surface area contributed by atoms with E-state index in [1.165, 1.54) is 0 Å². The van der Waals surface area contributed by atoms with Gasteiger partial charge in [-0.25, -0.2) is 5.43 Å². The molecule has 1 aliphatic carbocycles. The van der Waals surface area contributed by atoms with Crippen LogP contribution in [0.1, 0.15) is 18.9 Å². The second kappa shape index (κ2) is 2.92. The Labute approximate surface area is 87.2 Å². The van der Waals surface area contributed by atoms with Crippen LogP contribution in [0.5, 0.6) is 0 Å². The number of nitrogens with zero attached hydrogens (tertiary/aromatic N) is 3. The van der Waals surface area contributed by atoms with E-state index in [0.717, 1.165) is 24.2 Å². The number of nitrogens with one attached hydrogen (secondary N) is 1. The van der Waals surface area contributed by atoms with Gasteiger partial charge in [0.25, 0.3) is 0 Å². The molecule has 5 heteroatoms. The molecule has 1 N–H and O–H groups in total. The predicted octanol–water partition coefficient (Wildman–Crippen LogP) is 0.373. The Kier molecular flexibility index (Phi) is 1.68. The van der Waals surface area contributed by atoms with Crippen molar-refractivity contribution in [2.75, 3.05) is 0 Å². The van der Waals surface area contributed by atoms with Crippen molar-refractivity contribution in [2.45, 2.75) is 19.9 Å². The highest BCUT2D eigenvalue weighted by atomic mass is 16.2. The van der Waals surface area contributed by atoms with Gasteiger partial charge in [0.2, 0.25) is 5.91 Å². The van der Waals surface area contributed by atoms with Crippen LogP contribution in [0.2, 0.25) is 0 Å². The molecule has 78 valence electrons. The lowest BCUT2D eigenvalue weighted by molar-refractivity contribution is -0.122. The summed E-state index contributed by atoms with van der Waals surface area (Å²) in [5.41, 5.74) is 4.58. The molecule has 2 unspecified atom stereocenters. The van der Waals surface area contributed by atoms with Crippen LogP contribution in [0.25, 0.3) is 0 Å². The Morgan fingerprint density at radius 1 is 1.60 bits per heavy atom. The largest absolute Gasteiger partial charge is 0.273 e. The van der Waals surface area contributed by atoms with Crippen molar-refractivity contribution < 1.29 is 4.79 Å². The molecule has 1 aromatic heterocycles. The molecule has 0 bridgehead atoms. The van der Waals surface area contributed by atoms with Crippen LogP contribution in [-0.4, -0.2) is 21.4 Å². The maximum Gasteiger partial charge on any atom is 0.243 e. The van der Waals surface area contributed by atoms with Crippen molar-refractivity contribution in [3.8, 4) is 0 Å². The number of fused-ring (bicyclic) bond motifs is 1. The van der Waals surface area contributed by atoms with Crippen molar-refractivity contribution in [3.05, 3.63) is 18.0 Å². The molecule has 0 aromatic carbocycles. The minimum Gasteiger partial charge on any atom is -0.273 e. The zero-order chi connectivity index (χ0) is 10.4. The topological polar surface area (TPSA) is 59.3 Å². The van der Waals surface area contributed by atoms with Gasteiger partial charge in [-0.05, 0) is 13.3 Å². The Bertz CT molecular complexity index is 448. The van der Waals surface area contributed by atoms with Gasteiger partial charge in [-0.1, -0.05) is 0 Å². The van der Waals surface area contributed by atoms with Crippen molar-refractivity contribution in [1.29, 1.82) is 0 Å². The lowest BCUT2D eigenvalue weighted by Crippen LogP contribution is -2.28. The minimum absolute atomic E-state index is 0.0617. The third-order valence-corrected chi connectivity index (χ3v) is 3.02. The third-order valence-electron chi connectivity index (χ3n) is 3.02. The van der Waals surface area contributed by atoms with Gasteiger partial charge in [-0.15, -0.1) is 0 Å². The number of carbonyl (C=O) groups is 1. The van der Waals surface area contributed by atoms with Gasteiger partial charge in [0.05, 0.1) is 11.9 Å². The van der Waals surface area contributed by atoms with Crippen LogP contribution in [0.15, 0.2) is 17.5 Å². The Morgan fingerprint density at radius 3 is 3.20 bits per heavy atom. The lowest BCUT2D eigenvalue weighted by atomic mass is 10.1. The number of rotatable bonds is 2. The molecule has 1 aliphatic heterocycles. The first-order valence-corrected chi connectivity index (χ1v) is 5.20. The highest BCUT2D eigenvalue weighted by molar-refractivity contribution is 6.09. The van der Waals surface area contributed by atoms with E-state index in [0.29, 0.717) is 5.92 Å². The summed E-state index contributed by atoms with van der Waals surface area (Å²) >= 11 is 0. The highest BCUT2D eigenvalue weighted by Gasteiger charge is 2.49. The quantitative estimate of drug-likeness (QED) is 0.756. The zero-order valence-corrected chi connectivity index (χ0v) is 8.47. The van der Waals surface area contributed by atoms with E-state index in [9.17, 15) is 4.79 Å². The number of hydrogen-bond donors (Lipinski definition) is 1. The second-order valence-corrected chi connectivity index (χ2v) is 4.01. The van der Waals surface area contributed by atoms with Gasteiger partial charge in [-0.3, -0.25) is 9.48 Å². The number of hydrogen-bond acceptors (Lipinski definition) is 3. The van der Waals surface area contributed by atoms with Crippen molar-refractivity contribution >= 4 is 11.6 Å². The van der Waals surface area contributed by atoms with Gasteiger partial charge < -0.3 is 0 Å². The van der Waals surface area contributed by atoms with E-state index in [2.05, 4.69) is 15.6 Å². The van der Waals surface area contributed by atoms with Gasteiger partial charge in [-0.2, -0.15) is 10.2 Å². The molecule has 5 nitrogen and oxygen atoms in total. The van der Waals surface area contributed by atoms with E-state index in [-0.39, 0.29) is 11.8 Å². The zero-order valence-electron chi connectivity index (χ0n) is 8.47. The smallest absolute Gasteiger partial charge is 0.243 e. The lowest BCUT2D eigenvalue weighted by Gasteiger charge is -2.09. The van der Waals surface area contributed by atoms with E-state index in [4.69, 9.17) is 0 Å². The van der Waals surface area contributed by atoms with Gasteiger partial charge in [0.15, 0.2) is 0 Å². The monoisotopic (exact) mass is 204 g/mol. The van der Waals surface area contributed by atoms with E-state index < -0.39 is 0 Å². The van der Waals surface area contributed by atoms with Crippen LogP contribution in [0.4, 0.5) is 0 Å². The summed E-state index contributed by atoms with van der Waals surface area (Å²) in [6.45, 7) is 2.90. The van der Waals surface area contributed by atoms with Crippen molar-refractivity contribution in [1.82, 2.24) is 15.2 Å². The molecule has 15 heavy (non-hydrogen) atoms. The van der Waals surface area contributed by atoms with E-state index >= 15 is 0 Å². The summed E-state index contributed by atoms with van der Waals surface area (Å²) in [5, 5.41) is 8.32. The SMILES string of the molecule is CCn1cc(C2=NNC(=O)C3CC23)cn1. The average molecular weight is 204 g/mol. The Balaban J connectivity index is 1.91. The molecular formula is C10H12N4O. The summed E-state index contributed by atoms with van der Waals surface area (Å²) in [7, 11) is 0. The standard InChI is InChI=1S/C10H12N4O/c1-2-14-5-6(4-11-14)9-7-3-8(7)10(15)13-12-9/h4-5,7-8H,2-3H2,1H3,(H,13,15). The number of carbonyl (C=O) groups excluding carboxylic acids is 1. The van der Waals surface area contributed by atoms with Gasteiger partial charge in [0.1, 0.15) is 0 Å². The summed E-state index contributed by atoms with van der Waals surface area (Å²) in [6, 6.07) is 0. The summed E-state index contributed by atoms with van der Waals surface area (Å²) in [5.74, 6) is 0.544. The molecule has 1 amide bonds. The summed E-state index contributed by atoms with van der Waals surface area (Å²) in [4.78, 5) is 11.2. The fourth-order valence-electron chi connectivity index (χ4n) is 2.02. The first kappa shape index (κ1) is 8.64. The van der Waals surface area contributed by atoms with Crippen LogP contribution in [-0.2, 0) is 11.3 Å². The molecule has 1 fully saturated rings. The molecule has 1 saturated carbocycles. The molecule has 2 aliphatic rings. The van der Waals surface area contributed by atoms with Crippen LogP contribution in [0, 0.1) is 11.8 Å². The number of amides is 1. The molecule has 0 saturated heterocycles. The maximum atomic E-state index is 11.2. The molecule has 2 heterocycles. The fraction of sp³-hybridized carbons (Fsp3) is 0.500. The number of aromatic nitrogens is 2. The maximum absolute atomic E-state index is 11.2. The van der Waals surface area contributed by atoms with Gasteiger partial charge >= 0.3 is 0 Å². The van der Waals surface area contributed by atoms with E-state index in [1.54, 1.807) is 0 Å². The second-order valence-electron chi connectivity index (χ2n) is 4.01. The summed E-state index contributed by atoms with van der Waals surface area (Å²) in [6.07, 6.45) is 4.73. The first-order chi connectivity index (χ1) is 7.29. The van der Waals surface area contributed by atoms with Crippen molar-refractivity contribution in [3.63, 3.8) is 0 Å². The molecular weight excluding hydrogens is 192 g/mol. The molecule has 0 spiro atoms. The Hall–Kier alpha value is -1.65. The van der Waals surface area contributed by atoms with E-state index in [1.807, 2.05) is 24.0 Å². The predicted molar refractivity (Wildman–Crippen MR) is 54.2 cm³/mol. The van der Waals surface area contributed by atoms with Crippen molar-refractivity contribution in [2.24, 2.45) is 16.9 Å². The molecule has 0 radical (unpaired) electrons. The normalized spacial score (nSPS) is 28.1. The van der Waals surface area contributed by atoms with Crippen LogP contribution in [0.3, 0.4) is 0 Å². The fourth-order valence-corrected chi connectivity index (χ4v) is 2.02. The minimum atomic E-state index is 0.0617. The average Bonchev–Trinajstić information content (AvgIpc) is 2.91. The summed E-state index contributed by atoms with van der Waals surface area (Å²) < 4.78 is 1.87. The number of aryl methyl sites for hydroxylation is 1. The number of hydrazone groups is 1. The van der Waals surface area contributed by atoms with Crippen LogP contribution < -0.4 is 5.43 Å². The molecule has 3 rings (SSSR count). The molecule has 1 aromatic rings.